The maximum atomic E-state index is 12.4. The molecule has 118 valence electrons. The number of imide groups is 1. The molecule has 0 unspecified atom stereocenters. The van der Waals surface area contributed by atoms with Crippen LogP contribution in [0.5, 0.6) is 0 Å². The Morgan fingerprint density at radius 3 is 2.74 bits per heavy atom. The summed E-state index contributed by atoms with van der Waals surface area (Å²) in [4.78, 5) is 38.0. The molecule has 0 fully saturated rings. The molecule has 23 heavy (non-hydrogen) atoms. The van der Waals surface area contributed by atoms with Gasteiger partial charge in [0.15, 0.2) is 0 Å². The van der Waals surface area contributed by atoms with Gasteiger partial charge in [0, 0.05) is 12.1 Å². The molecule has 1 aromatic heterocycles. The molecule has 0 spiro atoms. The van der Waals surface area contributed by atoms with E-state index in [9.17, 15) is 14.4 Å². The summed E-state index contributed by atoms with van der Waals surface area (Å²) in [7, 11) is 0. The van der Waals surface area contributed by atoms with E-state index in [4.69, 9.17) is 0 Å². The number of fused-ring (bicyclic) bond motifs is 1. The van der Waals surface area contributed by atoms with E-state index in [0.717, 1.165) is 12.8 Å². The van der Waals surface area contributed by atoms with Gasteiger partial charge in [-0.25, -0.2) is 0 Å². The average molecular weight is 330 g/mol. The summed E-state index contributed by atoms with van der Waals surface area (Å²) in [5.74, 6) is -1.03. The predicted octanol–water partition coefficient (Wildman–Crippen LogP) is 2.19. The quantitative estimate of drug-likeness (QED) is 0.848. The molecule has 8 heteroatoms. The molecule has 1 aromatic carbocycles. The number of unbranched alkanes of at least 4 members (excludes halogenated alkanes) is 1. The first-order valence-corrected chi connectivity index (χ1v) is 8.07. The lowest BCUT2D eigenvalue weighted by Crippen LogP contribution is -2.30. The fourth-order valence-electron chi connectivity index (χ4n) is 2.35. The molecule has 2 aromatic rings. The Hall–Kier alpha value is -2.61. The minimum Gasteiger partial charge on any atom is -0.296 e. The van der Waals surface area contributed by atoms with Gasteiger partial charge in [-0.05, 0) is 24.6 Å². The van der Waals surface area contributed by atoms with E-state index >= 15 is 0 Å². The number of nitrogens with zero attached hydrogens (tertiary/aromatic N) is 3. The van der Waals surface area contributed by atoms with Crippen molar-refractivity contribution in [3.05, 3.63) is 40.4 Å². The van der Waals surface area contributed by atoms with E-state index in [2.05, 4.69) is 15.5 Å². The molecular formula is C15H14N4O3S. The number of benzene rings is 1. The molecule has 1 aliphatic rings. The lowest BCUT2D eigenvalue weighted by atomic mass is 10.1. The summed E-state index contributed by atoms with van der Waals surface area (Å²) >= 11 is 1.20. The van der Waals surface area contributed by atoms with Gasteiger partial charge in [-0.1, -0.05) is 24.7 Å². The highest BCUT2D eigenvalue weighted by atomic mass is 32.1. The molecule has 1 aliphatic heterocycles. The Kier molecular flexibility index (Phi) is 4.16. The number of hydrogen-bond donors (Lipinski definition) is 1. The van der Waals surface area contributed by atoms with Crippen LogP contribution in [0, 0.1) is 0 Å². The smallest absolute Gasteiger partial charge is 0.261 e. The minimum atomic E-state index is -0.392. The molecule has 3 amide bonds. The summed E-state index contributed by atoms with van der Waals surface area (Å²) in [6.45, 7) is 2.39. The molecule has 0 radical (unpaired) electrons. The van der Waals surface area contributed by atoms with E-state index in [1.807, 2.05) is 6.92 Å². The molecule has 0 saturated heterocycles. The number of carbonyl (C=O) groups is 3. The van der Waals surface area contributed by atoms with Gasteiger partial charge >= 0.3 is 0 Å². The van der Waals surface area contributed by atoms with Crippen LogP contribution in [0.1, 0.15) is 50.8 Å². The molecule has 2 heterocycles. The van der Waals surface area contributed by atoms with Crippen LogP contribution < -0.4 is 5.32 Å². The number of hydrogen-bond acceptors (Lipinski definition) is 6. The molecule has 0 bridgehead atoms. The van der Waals surface area contributed by atoms with Gasteiger partial charge in [0.2, 0.25) is 5.13 Å². The van der Waals surface area contributed by atoms with Crippen molar-refractivity contribution >= 4 is 34.2 Å². The normalized spacial score (nSPS) is 13.3. The van der Waals surface area contributed by atoms with Crippen LogP contribution in [0.2, 0.25) is 0 Å². The fraction of sp³-hybridized carbons (Fsp3) is 0.267. The van der Waals surface area contributed by atoms with Gasteiger partial charge in [0.1, 0.15) is 5.51 Å². The highest BCUT2D eigenvalue weighted by Gasteiger charge is 2.35. The van der Waals surface area contributed by atoms with E-state index in [1.54, 1.807) is 0 Å². The largest absolute Gasteiger partial charge is 0.296 e. The number of carbonyl (C=O) groups excluding carboxylic acids is 3. The number of amides is 3. The Morgan fingerprint density at radius 1 is 1.26 bits per heavy atom. The van der Waals surface area contributed by atoms with Crippen molar-refractivity contribution in [1.82, 2.24) is 15.1 Å². The summed E-state index contributed by atoms with van der Waals surface area (Å²) in [6, 6.07) is 4.51. The van der Waals surface area contributed by atoms with Gasteiger partial charge in [-0.15, -0.1) is 10.2 Å². The third-order valence-corrected chi connectivity index (χ3v) is 4.16. The Morgan fingerprint density at radius 2 is 2.04 bits per heavy atom. The summed E-state index contributed by atoms with van der Waals surface area (Å²) in [5, 5.41) is 10.3. The van der Waals surface area contributed by atoms with Crippen molar-refractivity contribution < 1.29 is 14.4 Å². The minimum absolute atomic E-state index is 0.274. The third kappa shape index (κ3) is 2.85. The second-order valence-corrected chi connectivity index (χ2v) is 5.91. The Bertz CT molecular complexity index is 773. The third-order valence-electron chi connectivity index (χ3n) is 3.55. The van der Waals surface area contributed by atoms with Crippen LogP contribution in [0.25, 0.3) is 0 Å². The van der Waals surface area contributed by atoms with Crippen LogP contribution in [0.15, 0.2) is 23.7 Å². The molecule has 0 aliphatic carbocycles. The molecule has 1 N–H and O–H groups in total. The second-order valence-electron chi connectivity index (χ2n) is 5.07. The van der Waals surface area contributed by atoms with Gasteiger partial charge in [-0.3, -0.25) is 24.6 Å². The lowest BCUT2D eigenvalue weighted by Gasteiger charge is -2.12. The summed E-state index contributed by atoms with van der Waals surface area (Å²) in [5.41, 5.74) is 2.43. The van der Waals surface area contributed by atoms with Crippen LogP contribution in [-0.2, 0) is 0 Å². The molecular weight excluding hydrogens is 316 g/mol. The van der Waals surface area contributed by atoms with Crippen LogP contribution >= 0.6 is 11.3 Å². The molecule has 0 atom stereocenters. The highest BCUT2D eigenvalue weighted by Crippen LogP contribution is 2.25. The zero-order valence-electron chi connectivity index (χ0n) is 12.4. The first kappa shape index (κ1) is 15.3. The summed E-state index contributed by atoms with van der Waals surface area (Å²) in [6.07, 6.45) is 1.65. The van der Waals surface area contributed by atoms with E-state index in [-0.39, 0.29) is 17.4 Å². The van der Waals surface area contributed by atoms with Gasteiger partial charge in [-0.2, -0.15) is 0 Å². The lowest BCUT2D eigenvalue weighted by molar-refractivity contribution is 0.0652. The van der Waals surface area contributed by atoms with Gasteiger partial charge < -0.3 is 0 Å². The number of anilines is 1. The van der Waals surface area contributed by atoms with Crippen molar-refractivity contribution in [2.75, 3.05) is 11.9 Å². The van der Waals surface area contributed by atoms with Crippen molar-refractivity contribution in [2.24, 2.45) is 0 Å². The van der Waals surface area contributed by atoms with Crippen molar-refractivity contribution in [2.45, 2.75) is 19.8 Å². The summed E-state index contributed by atoms with van der Waals surface area (Å²) < 4.78 is 0. The van der Waals surface area contributed by atoms with Gasteiger partial charge in [0.25, 0.3) is 17.7 Å². The number of nitrogens with one attached hydrogen (secondary N) is 1. The first-order valence-electron chi connectivity index (χ1n) is 7.19. The molecule has 0 saturated carbocycles. The van der Waals surface area contributed by atoms with Crippen LogP contribution in [0.3, 0.4) is 0 Å². The van der Waals surface area contributed by atoms with E-state index in [0.29, 0.717) is 22.8 Å². The standard InChI is InChI=1S/C15H14N4O3S/c1-2-3-6-19-13(21)10-5-4-9(7-11(10)14(19)22)12(20)17-15-18-16-8-23-15/h4-5,7-8H,2-3,6H2,1H3,(H,17,18,20). The maximum Gasteiger partial charge on any atom is 0.261 e. The number of rotatable bonds is 5. The van der Waals surface area contributed by atoms with Crippen molar-refractivity contribution in [3.63, 3.8) is 0 Å². The first-order chi connectivity index (χ1) is 11.1. The number of aromatic nitrogens is 2. The van der Waals surface area contributed by atoms with E-state index < -0.39 is 5.91 Å². The monoisotopic (exact) mass is 330 g/mol. The Balaban J connectivity index is 1.84. The topological polar surface area (TPSA) is 92.3 Å². The Labute approximate surface area is 136 Å². The van der Waals surface area contributed by atoms with Crippen LogP contribution in [-0.4, -0.2) is 39.4 Å². The van der Waals surface area contributed by atoms with E-state index in [1.165, 1.54) is 39.9 Å². The van der Waals surface area contributed by atoms with Crippen molar-refractivity contribution in [3.8, 4) is 0 Å². The zero-order chi connectivity index (χ0) is 16.4. The SMILES string of the molecule is CCCCN1C(=O)c2ccc(C(=O)Nc3nncs3)cc2C1=O. The van der Waals surface area contributed by atoms with Crippen LogP contribution in [0.4, 0.5) is 5.13 Å². The second kappa shape index (κ2) is 6.25. The average Bonchev–Trinajstić information content (AvgIpc) is 3.14. The van der Waals surface area contributed by atoms with Crippen molar-refractivity contribution in [1.29, 1.82) is 0 Å². The molecule has 3 rings (SSSR count). The predicted molar refractivity (Wildman–Crippen MR) is 84.6 cm³/mol. The molecule has 7 nitrogen and oxygen atoms in total. The maximum absolute atomic E-state index is 12.4. The van der Waals surface area contributed by atoms with Gasteiger partial charge in [0.05, 0.1) is 11.1 Å². The highest BCUT2D eigenvalue weighted by molar-refractivity contribution is 7.13. The zero-order valence-corrected chi connectivity index (χ0v) is 13.2. The fourth-order valence-corrected chi connectivity index (χ4v) is 2.79.